The zero-order valence-electron chi connectivity index (χ0n) is 24.5. The Hall–Kier alpha value is -3.94. The summed E-state index contributed by atoms with van der Waals surface area (Å²) in [6, 6.07) is 17.2. The van der Waals surface area contributed by atoms with Gasteiger partial charge in [-0.25, -0.2) is 18.5 Å². The zero-order chi connectivity index (χ0) is 30.0. The van der Waals surface area contributed by atoms with Crippen LogP contribution in [0.1, 0.15) is 52.4 Å². The van der Waals surface area contributed by atoms with Gasteiger partial charge in [0.05, 0.1) is 11.3 Å². The van der Waals surface area contributed by atoms with Crippen LogP contribution in [0.2, 0.25) is 0 Å². The van der Waals surface area contributed by atoms with E-state index in [9.17, 15) is 18.5 Å². The van der Waals surface area contributed by atoms with E-state index >= 15 is 0 Å². The topological polar surface area (TPSA) is 124 Å². The Bertz CT molecular complexity index is 1630. The number of nitriles is 1. The molecule has 0 saturated carbocycles. The van der Waals surface area contributed by atoms with Crippen LogP contribution in [-0.4, -0.2) is 63.0 Å². The van der Waals surface area contributed by atoms with Crippen molar-refractivity contribution in [2.45, 2.75) is 51.0 Å². The number of nitrogens with zero attached hydrogens (tertiary/aromatic N) is 5. The first-order valence-electron chi connectivity index (χ1n) is 14.4. The molecule has 220 valence electrons. The van der Waals surface area contributed by atoms with Gasteiger partial charge in [-0.15, -0.1) is 0 Å². The van der Waals surface area contributed by atoms with Crippen LogP contribution in [-0.2, 0) is 16.4 Å². The van der Waals surface area contributed by atoms with Crippen LogP contribution in [0.4, 0.5) is 11.5 Å². The number of carbonyl (C=O) groups excluding carboxylic acids is 1. The number of nitrogens with two attached hydrogens (primary N) is 1. The SMILES string of the molecule is Cc1cc(C)c(C(=O)N2CCN(c3ncccc3S(N)(=O)=O)C[C@@H]2C)cc1CC1CCN(c2ccccc2C#N)CC1. The minimum absolute atomic E-state index is 0.00322. The molecule has 0 spiro atoms. The van der Waals surface area contributed by atoms with E-state index in [1.165, 1.54) is 17.2 Å². The third-order valence-corrected chi connectivity index (χ3v) is 9.58. The molecule has 2 saturated heterocycles. The quantitative estimate of drug-likeness (QED) is 0.463. The van der Waals surface area contributed by atoms with Gasteiger partial charge in [-0.05, 0) is 93.0 Å². The third kappa shape index (κ3) is 6.13. The molecule has 2 fully saturated rings. The summed E-state index contributed by atoms with van der Waals surface area (Å²) >= 11 is 0. The largest absolute Gasteiger partial charge is 0.370 e. The second-order valence-electron chi connectivity index (χ2n) is 11.5. The summed E-state index contributed by atoms with van der Waals surface area (Å²) < 4.78 is 24.2. The second kappa shape index (κ2) is 12.1. The maximum Gasteiger partial charge on any atom is 0.254 e. The van der Waals surface area contributed by atoms with Crippen molar-refractivity contribution in [3.63, 3.8) is 0 Å². The molecule has 5 rings (SSSR count). The number of benzene rings is 2. The van der Waals surface area contributed by atoms with Gasteiger partial charge in [0.2, 0.25) is 10.0 Å². The number of sulfonamides is 1. The third-order valence-electron chi connectivity index (χ3n) is 8.65. The molecule has 0 unspecified atom stereocenters. The summed E-state index contributed by atoms with van der Waals surface area (Å²) in [6.45, 7) is 9.26. The van der Waals surface area contributed by atoms with Crippen LogP contribution in [0, 0.1) is 31.1 Å². The molecule has 3 heterocycles. The van der Waals surface area contributed by atoms with Crippen LogP contribution in [0.25, 0.3) is 0 Å². The predicted octanol–water partition coefficient (Wildman–Crippen LogP) is 4.03. The van der Waals surface area contributed by atoms with E-state index in [2.05, 4.69) is 35.0 Å². The van der Waals surface area contributed by atoms with E-state index in [0.29, 0.717) is 36.9 Å². The van der Waals surface area contributed by atoms with Gasteiger partial charge in [0.1, 0.15) is 16.8 Å². The normalized spacial score (nSPS) is 18.2. The summed E-state index contributed by atoms with van der Waals surface area (Å²) in [4.78, 5) is 24.2. The molecule has 1 atom stereocenters. The highest BCUT2D eigenvalue weighted by molar-refractivity contribution is 7.89. The van der Waals surface area contributed by atoms with Crippen molar-refractivity contribution in [3.8, 4) is 6.07 Å². The lowest BCUT2D eigenvalue weighted by Gasteiger charge is -2.41. The van der Waals surface area contributed by atoms with Gasteiger partial charge >= 0.3 is 0 Å². The van der Waals surface area contributed by atoms with E-state index in [4.69, 9.17) is 5.14 Å². The molecule has 0 aliphatic carbocycles. The lowest BCUT2D eigenvalue weighted by Crippen LogP contribution is -2.54. The summed E-state index contributed by atoms with van der Waals surface area (Å²) in [6.07, 6.45) is 4.53. The predicted molar refractivity (Wildman–Crippen MR) is 164 cm³/mol. The van der Waals surface area contributed by atoms with E-state index in [1.54, 1.807) is 12.3 Å². The molecule has 1 amide bonds. The van der Waals surface area contributed by atoms with Crippen LogP contribution < -0.4 is 14.9 Å². The smallest absolute Gasteiger partial charge is 0.254 e. The Balaban J connectivity index is 1.27. The van der Waals surface area contributed by atoms with Crippen molar-refractivity contribution < 1.29 is 13.2 Å². The summed E-state index contributed by atoms with van der Waals surface area (Å²) in [5.74, 6) is 0.833. The molecule has 3 aromatic rings. The molecular formula is C32H38N6O3S. The molecule has 0 radical (unpaired) electrons. The number of piperidine rings is 1. The van der Waals surface area contributed by atoms with Crippen molar-refractivity contribution in [3.05, 3.63) is 82.5 Å². The number of amides is 1. The number of pyridine rings is 1. The number of anilines is 2. The van der Waals surface area contributed by atoms with Gasteiger partial charge in [-0.3, -0.25) is 4.79 Å². The first kappa shape index (κ1) is 29.5. The lowest BCUT2D eigenvalue weighted by atomic mass is 9.86. The molecular weight excluding hydrogens is 548 g/mol. The summed E-state index contributed by atoms with van der Waals surface area (Å²) in [5, 5.41) is 14.9. The molecule has 2 aromatic carbocycles. The molecule has 10 heteroatoms. The average molecular weight is 587 g/mol. The summed E-state index contributed by atoms with van der Waals surface area (Å²) in [5.41, 5.74) is 5.81. The number of aromatic nitrogens is 1. The number of piperazine rings is 1. The Morgan fingerprint density at radius 1 is 1.02 bits per heavy atom. The first-order chi connectivity index (χ1) is 20.1. The van der Waals surface area contributed by atoms with Crippen molar-refractivity contribution in [1.29, 1.82) is 5.26 Å². The summed E-state index contributed by atoms with van der Waals surface area (Å²) in [7, 11) is -3.92. The number of rotatable bonds is 6. The van der Waals surface area contributed by atoms with Crippen LogP contribution in [0.5, 0.6) is 0 Å². The zero-order valence-corrected chi connectivity index (χ0v) is 25.3. The van der Waals surface area contributed by atoms with Crippen LogP contribution >= 0.6 is 0 Å². The van der Waals surface area contributed by atoms with Crippen molar-refractivity contribution in [2.75, 3.05) is 42.5 Å². The van der Waals surface area contributed by atoms with Gasteiger partial charge < -0.3 is 14.7 Å². The van der Waals surface area contributed by atoms with Crippen molar-refractivity contribution in [2.24, 2.45) is 11.1 Å². The number of primary sulfonamides is 1. The lowest BCUT2D eigenvalue weighted by molar-refractivity contribution is 0.0672. The second-order valence-corrected chi connectivity index (χ2v) is 13.1. The van der Waals surface area contributed by atoms with Crippen molar-refractivity contribution in [1.82, 2.24) is 9.88 Å². The molecule has 42 heavy (non-hydrogen) atoms. The van der Waals surface area contributed by atoms with Gasteiger partial charge in [-0.1, -0.05) is 18.2 Å². The van der Waals surface area contributed by atoms with Gasteiger partial charge in [0, 0.05) is 50.5 Å². The molecule has 0 bridgehead atoms. The molecule has 1 aromatic heterocycles. The fourth-order valence-corrected chi connectivity index (χ4v) is 7.03. The van der Waals surface area contributed by atoms with E-state index in [0.717, 1.165) is 49.2 Å². The first-order valence-corrected chi connectivity index (χ1v) is 16.0. The number of hydrogen-bond acceptors (Lipinski definition) is 7. The monoisotopic (exact) mass is 586 g/mol. The minimum atomic E-state index is -3.92. The van der Waals surface area contributed by atoms with Gasteiger partial charge in [-0.2, -0.15) is 5.26 Å². The molecule has 2 aliphatic heterocycles. The Morgan fingerprint density at radius 3 is 2.45 bits per heavy atom. The van der Waals surface area contributed by atoms with E-state index < -0.39 is 10.0 Å². The Labute approximate surface area is 248 Å². The van der Waals surface area contributed by atoms with Crippen molar-refractivity contribution >= 4 is 27.4 Å². The number of carbonyl (C=O) groups is 1. The fourth-order valence-electron chi connectivity index (χ4n) is 6.33. The molecule has 9 nitrogen and oxygen atoms in total. The standard InChI is InChI=1S/C32H38N6O3S/c1-22-17-23(2)28(19-27(22)18-25-10-13-36(14-11-25)29-8-5-4-7-26(29)20-33)32(39)38-16-15-37(21-24(38)3)31-30(42(34,40)41)9-6-12-35-31/h4-9,12,17,19,24-25H,10-11,13-16,18,21H2,1-3H3,(H2,34,40,41)/t24-/m0/s1. The van der Waals surface area contributed by atoms with E-state index in [-0.39, 0.29) is 16.8 Å². The maximum absolute atomic E-state index is 13.9. The van der Waals surface area contributed by atoms with Crippen LogP contribution in [0.3, 0.4) is 0 Å². The highest BCUT2D eigenvalue weighted by Gasteiger charge is 2.32. The minimum Gasteiger partial charge on any atom is -0.370 e. The van der Waals surface area contributed by atoms with E-state index in [1.807, 2.05) is 47.9 Å². The Kier molecular flexibility index (Phi) is 8.53. The Morgan fingerprint density at radius 2 is 1.76 bits per heavy atom. The average Bonchev–Trinajstić information content (AvgIpc) is 2.98. The number of aryl methyl sites for hydroxylation is 2. The highest BCUT2D eigenvalue weighted by Crippen LogP contribution is 2.30. The fraction of sp³-hybridized carbons (Fsp3) is 0.406. The number of para-hydroxylation sites is 1. The van der Waals surface area contributed by atoms with Crippen LogP contribution in [0.15, 0.2) is 59.6 Å². The highest BCUT2D eigenvalue weighted by atomic mass is 32.2. The van der Waals surface area contributed by atoms with Gasteiger partial charge in [0.15, 0.2) is 0 Å². The molecule has 2 N–H and O–H groups in total. The van der Waals surface area contributed by atoms with Gasteiger partial charge in [0.25, 0.3) is 5.91 Å². The number of hydrogen-bond donors (Lipinski definition) is 1. The maximum atomic E-state index is 13.9. The molecule has 2 aliphatic rings.